The standard InChI is InChI=1S/C24H22ClNO3/c1-17(27)26-14-13-18-7-9-20(10-8-18)23(28)16-29-24-12-11-21(15-22(24)25)19-5-3-2-4-6-19/h2-12,15H,13-14,16H2,1H3,(H,26,27). The topological polar surface area (TPSA) is 55.4 Å². The average Bonchev–Trinajstić information content (AvgIpc) is 2.73. The highest BCUT2D eigenvalue weighted by atomic mass is 35.5. The maximum atomic E-state index is 12.4. The number of Topliss-reactive ketones (excluding diaryl/α,β-unsaturated/α-hetero) is 1. The Morgan fingerprint density at radius 2 is 1.66 bits per heavy atom. The molecular weight excluding hydrogens is 386 g/mol. The molecule has 5 heteroatoms. The number of nitrogens with one attached hydrogen (secondary N) is 1. The monoisotopic (exact) mass is 407 g/mol. The number of carbonyl (C=O) groups is 2. The van der Waals surface area contributed by atoms with Crippen LogP contribution in [0.3, 0.4) is 0 Å². The first-order valence-electron chi connectivity index (χ1n) is 9.37. The highest BCUT2D eigenvalue weighted by molar-refractivity contribution is 6.32. The highest BCUT2D eigenvalue weighted by Gasteiger charge is 2.10. The van der Waals surface area contributed by atoms with E-state index in [-0.39, 0.29) is 18.3 Å². The highest BCUT2D eigenvalue weighted by Crippen LogP contribution is 2.30. The van der Waals surface area contributed by atoms with E-state index in [2.05, 4.69) is 5.32 Å². The number of halogens is 1. The van der Waals surface area contributed by atoms with E-state index in [1.54, 1.807) is 18.2 Å². The van der Waals surface area contributed by atoms with Gasteiger partial charge in [-0.2, -0.15) is 0 Å². The van der Waals surface area contributed by atoms with Crippen LogP contribution in [0.2, 0.25) is 5.02 Å². The molecule has 0 spiro atoms. The van der Waals surface area contributed by atoms with Crippen LogP contribution >= 0.6 is 11.6 Å². The number of ketones is 1. The van der Waals surface area contributed by atoms with Gasteiger partial charge in [0.05, 0.1) is 5.02 Å². The summed E-state index contributed by atoms with van der Waals surface area (Å²) in [5.41, 5.74) is 3.68. The van der Waals surface area contributed by atoms with Crippen LogP contribution < -0.4 is 10.1 Å². The number of hydrogen-bond acceptors (Lipinski definition) is 3. The molecule has 148 valence electrons. The number of ether oxygens (including phenoxy) is 1. The van der Waals surface area contributed by atoms with Crippen molar-refractivity contribution in [3.05, 3.63) is 88.9 Å². The first-order valence-corrected chi connectivity index (χ1v) is 9.75. The summed E-state index contributed by atoms with van der Waals surface area (Å²) in [6, 6.07) is 22.8. The lowest BCUT2D eigenvalue weighted by Crippen LogP contribution is -2.22. The molecule has 3 aromatic carbocycles. The molecule has 29 heavy (non-hydrogen) atoms. The largest absolute Gasteiger partial charge is 0.484 e. The van der Waals surface area contributed by atoms with Gasteiger partial charge < -0.3 is 10.1 Å². The number of benzene rings is 3. The lowest BCUT2D eigenvalue weighted by atomic mass is 10.1. The van der Waals surface area contributed by atoms with Gasteiger partial charge in [0.25, 0.3) is 0 Å². The van der Waals surface area contributed by atoms with Crippen LogP contribution in [0.25, 0.3) is 11.1 Å². The number of hydrogen-bond donors (Lipinski definition) is 1. The summed E-state index contributed by atoms with van der Waals surface area (Å²) in [4.78, 5) is 23.3. The maximum Gasteiger partial charge on any atom is 0.216 e. The summed E-state index contributed by atoms with van der Waals surface area (Å²) in [5, 5.41) is 3.22. The molecule has 0 unspecified atom stereocenters. The van der Waals surface area contributed by atoms with Crippen molar-refractivity contribution in [1.29, 1.82) is 0 Å². The van der Waals surface area contributed by atoms with Crippen molar-refractivity contribution in [2.75, 3.05) is 13.2 Å². The number of rotatable bonds is 8. The van der Waals surface area contributed by atoms with Gasteiger partial charge in [0, 0.05) is 19.0 Å². The fourth-order valence-electron chi connectivity index (χ4n) is 2.89. The van der Waals surface area contributed by atoms with Gasteiger partial charge >= 0.3 is 0 Å². The van der Waals surface area contributed by atoms with Crippen LogP contribution in [-0.4, -0.2) is 24.8 Å². The summed E-state index contributed by atoms with van der Waals surface area (Å²) in [6.07, 6.45) is 0.716. The third-order valence-corrected chi connectivity index (χ3v) is 4.76. The predicted molar refractivity (Wildman–Crippen MR) is 116 cm³/mol. The van der Waals surface area contributed by atoms with Gasteiger partial charge in [-0.1, -0.05) is 72.3 Å². The van der Waals surface area contributed by atoms with Crippen LogP contribution in [-0.2, 0) is 11.2 Å². The molecule has 0 heterocycles. The SMILES string of the molecule is CC(=O)NCCc1ccc(C(=O)COc2ccc(-c3ccccc3)cc2Cl)cc1. The molecule has 0 aliphatic carbocycles. The predicted octanol–water partition coefficient (Wildman–Crippen LogP) is 4.95. The molecule has 0 atom stereocenters. The third-order valence-electron chi connectivity index (χ3n) is 4.46. The van der Waals surface area contributed by atoms with Crippen molar-refractivity contribution in [3.8, 4) is 16.9 Å². The van der Waals surface area contributed by atoms with Crippen LogP contribution in [0.4, 0.5) is 0 Å². The fourth-order valence-corrected chi connectivity index (χ4v) is 3.13. The molecule has 0 radical (unpaired) electrons. The van der Waals surface area contributed by atoms with Gasteiger partial charge in [-0.15, -0.1) is 0 Å². The molecular formula is C24H22ClNO3. The molecule has 3 rings (SSSR count). The Labute approximate surface area is 175 Å². The van der Waals surface area contributed by atoms with E-state index in [1.165, 1.54) is 6.92 Å². The van der Waals surface area contributed by atoms with Crippen molar-refractivity contribution >= 4 is 23.3 Å². The van der Waals surface area contributed by atoms with Crippen LogP contribution in [0.1, 0.15) is 22.8 Å². The van der Waals surface area contributed by atoms with Crippen molar-refractivity contribution in [3.63, 3.8) is 0 Å². The van der Waals surface area contributed by atoms with Crippen molar-refractivity contribution in [1.82, 2.24) is 5.32 Å². The first-order chi connectivity index (χ1) is 14.0. The van der Waals surface area contributed by atoms with E-state index in [0.717, 1.165) is 16.7 Å². The van der Waals surface area contributed by atoms with E-state index in [0.29, 0.717) is 29.3 Å². The second-order valence-corrected chi connectivity index (χ2v) is 7.06. The molecule has 1 amide bonds. The molecule has 4 nitrogen and oxygen atoms in total. The maximum absolute atomic E-state index is 12.4. The van der Waals surface area contributed by atoms with Crippen LogP contribution in [0.15, 0.2) is 72.8 Å². The van der Waals surface area contributed by atoms with E-state index in [9.17, 15) is 9.59 Å². The zero-order valence-corrected chi connectivity index (χ0v) is 16.9. The average molecular weight is 408 g/mol. The minimum atomic E-state index is -0.124. The van der Waals surface area contributed by atoms with Gasteiger partial charge in [-0.05, 0) is 35.2 Å². The molecule has 0 bridgehead atoms. The first kappa shape index (κ1) is 20.6. The smallest absolute Gasteiger partial charge is 0.216 e. The molecule has 0 saturated heterocycles. The van der Waals surface area contributed by atoms with Gasteiger partial charge in [0.2, 0.25) is 5.91 Å². The Hall–Kier alpha value is -3.11. The second kappa shape index (κ2) is 9.89. The van der Waals surface area contributed by atoms with Crippen molar-refractivity contribution in [2.24, 2.45) is 0 Å². The molecule has 0 aliphatic rings. The Bertz CT molecular complexity index is 985. The summed E-state index contributed by atoms with van der Waals surface area (Å²) >= 11 is 6.33. The lowest BCUT2D eigenvalue weighted by molar-refractivity contribution is -0.118. The van der Waals surface area contributed by atoms with E-state index >= 15 is 0 Å². The van der Waals surface area contributed by atoms with Crippen molar-refractivity contribution in [2.45, 2.75) is 13.3 Å². The minimum absolute atomic E-state index is 0.0515. The van der Waals surface area contributed by atoms with Gasteiger partial charge in [0.15, 0.2) is 12.4 Å². The van der Waals surface area contributed by atoms with Gasteiger partial charge in [-0.3, -0.25) is 9.59 Å². The molecule has 0 fully saturated rings. The Balaban J connectivity index is 1.57. The van der Waals surface area contributed by atoms with Crippen LogP contribution in [0, 0.1) is 0 Å². The summed E-state index contributed by atoms with van der Waals surface area (Å²) in [6.45, 7) is 1.97. The normalized spacial score (nSPS) is 10.4. The molecule has 0 aromatic heterocycles. The second-order valence-electron chi connectivity index (χ2n) is 6.65. The van der Waals surface area contributed by atoms with Crippen LogP contribution in [0.5, 0.6) is 5.75 Å². The quantitative estimate of drug-likeness (QED) is 0.537. The third kappa shape index (κ3) is 5.93. The molecule has 3 aromatic rings. The van der Waals surface area contributed by atoms with Gasteiger partial charge in [0.1, 0.15) is 5.75 Å². The van der Waals surface area contributed by atoms with E-state index < -0.39 is 0 Å². The Morgan fingerprint density at radius 1 is 0.931 bits per heavy atom. The zero-order chi connectivity index (χ0) is 20.6. The van der Waals surface area contributed by atoms with Crippen molar-refractivity contribution < 1.29 is 14.3 Å². The Morgan fingerprint density at radius 3 is 2.31 bits per heavy atom. The molecule has 0 saturated carbocycles. The molecule has 0 aliphatic heterocycles. The van der Waals surface area contributed by atoms with Gasteiger partial charge in [-0.25, -0.2) is 0 Å². The zero-order valence-electron chi connectivity index (χ0n) is 16.2. The molecule has 1 N–H and O–H groups in total. The van der Waals surface area contributed by atoms with E-state index in [4.69, 9.17) is 16.3 Å². The summed E-state index contributed by atoms with van der Waals surface area (Å²) in [7, 11) is 0. The fraction of sp³-hybridized carbons (Fsp3) is 0.167. The summed E-state index contributed by atoms with van der Waals surface area (Å²) < 4.78 is 5.64. The Kier molecular flexibility index (Phi) is 7.04. The lowest BCUT2D eigenvalue weighted by Gasteiger charge is -2.10. The van der Waals surface area contributed by atoms with E-state index in [1.807, 2.05) is 54.6 Å². The summed E-state index contributed by atoms with van der Waals surface area (Å²) in [5.74, 6) is 0.303. The number of carbonyl (C=O) groups excluding carboxylic acids is 2. The minimum Gasteiger partial charge on any atom is -0.484 e. The number of amides is 1.